The summed E-state index contributed by atoms with van der Waals surface area (Å²) in [5.41, 5.74) is -2.60. The van der Waals surface area contributed by atoms with E-state index in [0.717, 1.165) is 19.6 Å². The van der Waals surface area contributed by atoms with Gasteiger partial charge in [0.2, 0.25) is 0 Å². The fraction of sp³-hybridized carbons (Fsp3) is 0.533. The lowest BCUT2D eigenvalue weighted by Gasteiger charge is -2.34. The summed E-state index contributed by atoms with van der Waals surface area (Å²) in [6.07, 6.45) is -2.12. The van der Waals surface area contributed by atoms with E-state index in [9.17, 15) is 28.2 Å². The van der Waals surface area contributed by atoms with Crippen LogP contribution in [0.2, 0.25) is 0 Å². The second-order valence-electron chi connectivity index (χ2n) is 5.52. The van der Waals surface area contributed by atoms with Gasteiger partial charge in [0.1, 0.15) is 5.56 Å². The third-order valence-electron chi connectivity index (χ3n) is 4.27. The van der Waals surface area contributed by atoms with Crippen molar-refractivity contribution in [3.63, 3.8) is 0 Å². The highest BCUT2D eigenvalue weighted by Gasteiger charge is 2.44. The summed E-state index contributed by atoms with van der Waals surface area (Å²) in [4.78, 5) is 11.7. The molecule has 1 aliphatic carbocycles. The van der Waals surface area contributed by atoms with Crippen molar-refractivity contribution in [2.75, 3.05) is 7.11 Å². The van der Waals surface area contributed by atoms with E-state index in [1.807, 2.05) is 0 Å². The second kappa shape index (κ2) is 5.70. The number of ether oxygens (including phenoxy) is 1. The van der Waals surface area contributed by atoms with E-state index < -0.39 is 28.9 Å². The Balaban J connectivity index is 2.66. The lowest BCUT2D eigenvalue weighted by atomic mass is 9.69. The van der Waals surface area contributed by atoms with Crippen molar-refractivity contribution in [3.8, 4) is 11.5 Å². The summed E-state index contributed by atoms with van der Waals surface area (Å²) in [5.74, 6) is -2.53. The molecule has 1 aliphatic rings. The van der Waals surface area contributed by atoms with Crippen molar-refractivity contribution in [1.29, 1.82) is 0 Å². The Morgan fingerprint density at radius 1 is 1.23 bits per heavy atom. The molecule has 2 N–H and O–H groups in total. The average molecular weight is 318 g/mol. The van der Waals surface area contributed by atoms with Gasteiger partial charge in [-0.05, 0) is 30.5 Å². The van der Waals surface area contributed by atoms with Gasteiger partial charge in [-0.15, -0.1) is 0 Å². The molecule has 0 aromatic heterocycles. The molecule has 7 heteroatoms. The predicted octanol–water partition coefficient (Wildman–Crippen LogP) is 3.71. The lowest BCUT2D eigenvalue weighted by molar-refractivity contribution is -0.146. The van der Waals surface area contributed by atoms with E-state index in [-0.39, 0.29) is 24.2 Å². The van der Waals surface area contributed by atoms with Gasteiger partial charge >= 0.3 is 12.1 Å². The number of carboxylic acid groups (broad SMARTS) is 1. The molecule has 0 atom stereocenters. The van der Waals surface area contributed by atoms with Gasteiger partial charge in [-0.25, -0.2) is 0 Å². The predicted molar refractivity (Wildman–Crippen MR) is 72.1 cm³/mol. The fourth-order valence-electron chi connectivity index (χ4n) is 3.04. The van der Waals surface area contributed by atoms with E-state index in [1.54, 1.807) is 0 Å². The van der Waals surface area contributed by atoms with Gasteiger partial charge < -0.3 is 14.9 Å². The van der Waals surface area contributed by atoms with Crippen LogP contribution in [-0.4, -0.2) is 23.3 Å². The number of hydrogen-bond donors (Lipinski definition) is 2. The molecule has 0 heterocycles. The minimum atomic E-state index is -4.79. The van der Waals surface area contributed by atoms with Crippen LogP contribution in [0.25, 0.3) is 0 Å². The number of hydrogen-bond acceptors (Lipinski definition) is 3. The number of alkyl halides is 3. The first kappa shape index (κ1) is 16.5. The minimum Gasteiger partial charge on any atom is -0.504 e. The molecule has 0 radical (unpaired) electrons. The van der Waals surface area contributed by atoms with E-state index in [0.29, 0.717) is 12.8 Å². The van der Waals surface area contributed by atoms with Gasteiger partial charge in [0, 0.05) is 0 Å². The third kappa shape index (κ3) is 2.71. The van der Waals surface area contributed by atoms with Gasteiger partial charge in [0.15, 0.2) is 11.5 Å². The highest BCUT2D eigenvalue weighted by Crippen LogP contribution is 2.47. The van der Waals surface area contributed by atoms with E-state index in [4.69, 9.17) is 4.74 Å². The molecule has 0 amide bonds. The van der Waals surface area contributed by atoms with Gasteiger partial charge in [0.05, 0.1) is 12.5 Å². The maximum Gasteiger partial charge on any atom is 0.420 e. The Bertz CT molecular complexity index is 575. The molecular formula is C15H17F3O4. The van der Waals surface area contributed by atoms with Crippen LogP contribution >= 0.6 is 0 Å². The summed E-state index contributed by atoms with van der Waals surface area (Å²) in [6, 6.07) is 1.93. The van der Waals surface area contributed by atoms with E-state index in [1.165, 1.54) is 6.07 Å². The van der Waals surface area contributed by atoms with Crippen LogP contribution in [0.15, 0.2) is 12.1 Å². The fourth-order valence-corrected chi connectivity index (χ4v) is 3.04. The van der Waals surface area contributed by atoms with Crippen molar-refractivity contribution in [2.45, 2.75) is 43.7 Å². The molecule has 1 fully saturated rings. The molecule has 1 aromatic carbocycles. The maximum atomic E-state index is 13.1. The molecule has 1 aromatic rings. The SMILES string of the molecule is COc1cc(C2(C(=O)O)CCCCC2)cc(C(F)(F)F)c1O. The third-order valence-corrected chi connectivity index (χ3v) is 4.27. The molecule has 0 bridgehead atoms. The number of aromatic hydroxyl groups is 1. The van der Waals surface area contributed by atoms with Crippen LogP contribution in [0, 0.1) is 0 Å². The molecular weight excluding hydrogens is 301 g/mol. The van der Waals surface area contributed by atoms with Crippen LogP contribution in [0.5, 0.6) is 11.5 Å². The lowest BCUT2D eigenvalue weighted by Crippen LogP contribution is -2.38. The summed E-state index contributed by atoms with van der Waals surface area (Å²) in [6.45, 7) is 0. The van der Waals surface area contributed by atoms with Crippen LogP contribution < -0.4 is 4.74 Å². The molecule has 0 aliphatic heterocycles. The normalized spacial score (nSPS) is 18.0. The first-order valence-electron chi connectivity index (χ1n) is 6.94. The van der Waals surface area contributed by atoms with Gasteiger partial charge in [-0.1, -0.05) is 19.3 Å². The number of phenolic OH excluding ortho intramolecular Hbond substituents is 1. The summed E-state index contributed by atoms with van der Waals surface area (Å²) < 4.78 is 44.0. The topological polar surface area (TPSA) is 66.8 Å². The molecule has 1 saturated carbocycles. The van der Waals surface area contributed by atoms with Crippen molar-refractivity contribution >= 4 is 5.97 Å². The monoisotopic (exact) mass is 318 g/mol. The molecule has 4 nitrogen and oxygen atoms in total. The molecule has 0 spiro atoms. The van der Waals surface area contributed by atoms with Crippen LogP contribution in [0.3, 0.4) is 0 Å². The van der Waals surface area contributed by atoms with Crippen molar-refractivity contribution in [3.05, 3.63) is 23.3 Å². The molecule has 0 unspecified atom stereocenters. The first-order chi connectivity index (χ1) is 10.2. The second-order valence-corrected chi connectivity index (χ2v) is 5.52. The first-order valence-corrected chi connectivity index (χ1v) is 6.94. The average Bonchev–Trinajstić information content (AvgIpc) is 2.46. The highest BCUT2D eigenvalue weighted by molar-refractivity contribution is 5.82. The Labute approximate surface area is 125 Å². The Morgan fingerprint density at radius 3 is 2.27 bits per heavy atom. The number of carboxylic acids is 1. The molecule has 2 rings (SSSR count). The quantitative estimate of drug-likeness (QED) is 0.891. The van der Waals surface area contributed by atoms with Gasteiger partial charge in [0.25, 0.3) is 0 Å². The van der Waals surface area contributed by atoms with Gasteiger partial charge in [-0.3, -0.25) is 4.79 Å². The van der Waals surface area contributed by atoms with E-state index >= 15 is 0 Å². The van der Waals surface area contributed by atoms with Crippen molar-refractivity contribution in [2.24, 2.45) is 0 Å². The molecule has 22 heavy (non-hydrogen) atoms. The Kier molecular flexibility index (Phi) is 4.26. The summed E-state index contributed by atoms with van der Waals surface area (Å²) in [5, 5.41) is 19.3. The van der Waals surface area contributed by atoms with E-state index in [2.05, 4.69) is 0 Å². The zero-order chi connectivity index (χ0) is 16.5. The van der Waals surface area contributed by atoms with Crippen molar-refractivity contribution in [1.82, 2.24) is 0 Å². The minimum absolute atomic E-state index is 0.0293. The maximum absolute atomic E-state index is 13.1. The molecule has 0 saturated heterocycles. The van der Waals surface area contributed by atoms with Crippen LogP contribution in [-0.2, 0) is 16.4 Å². The number of halogens is 3. The number of aliphatic carboxylic acids is 1. The zero-order valence-corrected chi connectivity index (χ0v) is 12.0. The Morgan fingerprint density at radius 2 is 1.82 bits per heavy atom. The number of rotatable bonds is 3. The van der Waals surface area contributed by atoms with Gasteiger partial charge in [-0.2, -0.15) is 13.2 Å². The number of phenols is 1. The van der Waals surface area contributed by atoms with Crippen molar-refractivity contribution < 1.29 is 32.9 Å². The highest BCUT2D eigenvalue weighted by atomic mass is 19.4. The summed E-state index contributed by atoms with van der Waals surface area (Å²) in [7, 11) is 1.13. The Hall–Kier alpha value is -1.92. The standard InChI is InChI=1S/C15H17F3O4/c1-22-11-8-9(7-10(12(11)19)15(16,17)18)14(13(20)21)5-3-2-4-6-14/h7-8,19H,2-6H2,1H3,(H,20,21). The number of benzene rings is 1. The number of methoxy groups -OCH3 is 1. The van der Waals surface area contributed by atoms with Crippen LogP contribution in [0.4, 0.5) is 13.2 Å². The molecule has 122 valence electrons. The zero-order valence-electron chi connectivity index (χ0n) is 12.0. The largest absolute Gasteiger partial charge is 0.504 e. The van der Waals surface area contributed by atoms with Crippen LogP contribution in [0.1, 0.15) is 43.2 Å². The smallest absolute Gasteiger partial charge is 0.420 e. The number of carbonyl (C=O) groups is 1. The summed E-state index contributed by atoms with van der Waals surface area (Å²) >= 11 is 0.